The van der Waals surface area contributed by atoms with Crippen LogP contribution in [0.1, 0.15) is 30.9 Å². The molecule has 2 aromatic carbocycles. The number of hydrogen-bond donors (Lipinski definition) is 1. The highest BCUT2D eigenvalue weighted by atomic mass is 16.5. The number of Topliss-reactive ketones (excluding diaryl/α,β-unsaturated/α-hetero) is 1. The summed E-state index contributed by atoms with van der Waals surface area (Å²) in [6.45, 7) is 4.08. The maximum atomic E-state index is 12.9. The van der Waals surface area contributed by atoms with E-state index >= 15 is 0 Å². The number of rotatable bonds is 6. The lowest BCUT2D eigenvalue weighted by atomic mass is 9.67. The van der Waals surface area contributed by atoms with E-state index in [9.17, 15) is 14.7 Å². The Balaban J connectivity index is 1.61. The summed E-state index contributed by atoms with van der Waals surface area (Å²) in [5.41, 5.74) is 1.24. The zero-order chi connectivity index (χ0) is 22.0. The summed E-state index contributed by atoms with van der Waals surface area (Å²) in [5, 5.41) is 11.5. The third-order valence-electron chi connectivity index (χ3n) is 6.61. The number of β-lactam (4-membered cyclic amide) rings is 1. The zero-order valence-electron chi connectivity index (χ0n) is 18.0. The van der Waals surface area contributed by atoms with Crippen molar-refractivity contribution < 1.29 is 19.4 Å². The molecule has 162 valence electrons. The van der Waals surface area contributed by atoms with Crippen molar-refractivity contribution in [2.75, 3.05) is 6.54 Å². The predicted molar refractivity (Wildman–Crippen MR) is 119 cm³/mol. The van der Waals surface area contributed by atoms with Crippen LogP contribution < -0.4 is 4.74 Å². The SMILES string of the molecule is CC(=O)[C@]1(CCc2ccc(C)cc2)/C=C\CCN2C(=O)[C@H](Oc3ccccc3)[C@@H]2[C@@H]1O. The minimum absolute atomic E-state index is 0.0944. The second-order valence-electron chi connectivity index (χ2n) is 8.59. The fraction of sp³-hybridized carbons (Fsp3) is 0.385. The van der Waals surface area contributed by atoms with Crippen molar-refractivity contribution in [1.29, 1.82) is 0 Å². The number of carbonyl (C=O) groups excluding carboxylic acids is 2. The van der Waals surface area contributed by atoms with Crippen molar-refractivity contribution >= 4 is 11.7 Å². The standard InChI is InChI=1S/C26H29NO4/c1-18-10-12-20(13-11-18)14-16-26(19(2)28)15-6-7-17-27-22(24(26)29)23(25(27)30)31-21-8-4-3-5-9-21/h3-6,8-13,15,22-24,29H,7,14,16-17H2,1-2H3/b15-6-/t22-,23-,24+,26-/m1/s1. The van der Waals surface area contributed by atoms with E-state index in [2.05, 4.69) is 24.3 Å². The van der Waals surface area contributed by atoms with Crippen molar-refractivity contribution in [2.24, 2.45) is 5.41 Å². The van der Waals surface area contributed by atoms with Gasteiger partial charge in [0.1, 0.15) is 17.6 Å². The topological polar surface area (TPSA) is 66.8 Å². The molecule has 1 saturated heterocycles. The molecular weight excluding hydrogens is 390 g/mol. The van der Waals surface area contributed by atoms with Gasteiger partial charge in [0.15, 0.2) is 6.10 Å². The zero-order valence-corrected chi connectivity index (χ0v) is 18.0. The van der Waals surface area contributed by atoms with Crippen LogP contribution in [-0.2, 0) is 16.0 Å². The van der Waals surface area contributed by atoms with Crippen LogP contribution in [0.4, 0.5) is 0 Å². The summed E-state index contributed by atoms with van der Waals surface area (Å²) < 4.78 is 5.96. The highest BCUT2D eigenvalue weighted by Gasteiger charge is 2.58. The number of aliphatic hydroxyl groups is 1. The van der Waals surface area contributed by atoms with Crippen LogP contribution in [0.25, 0.3) is 0 Å². The summed E-state index contributed by atoms with van der Waals surface area (Å²) in [4.78, 5) is 27.4. The molecule has 0 unspecified atom stereocenters. The minimum Gasteiger partial charge on any atom is -0.478 e. The molecule has 5 heteroatoms. The monoisotopic (exact) mass is 419 g/mol. The summed E-state index contributed by atoms with van der Waals surface area (Å²) in [5.74, 6) is 0.348. The van der Waals surface area contributed by atoms with E-state index in [0.29, 0.717) is 31.6 Å². The van der Waals surface area contributed by atoms with Gasteiger partial charge < -0.3 is 14.7 Å². The van der Waals surface area contributed by atoms with Crippen molar-refractivity contribution in [3.05, 3.63) is 77.9 Å². The number of aryl methyl sites for hydroxylation is 2. The van der Waals surface area contributed by atoms with E-state index in [1.807, 2.05) is 37.3 Å². The first-order chi connectivity index (χ1) is 14.9. The van der Waals surface area contributed by atoms with Crippen LogP contribution in [0.15, 0.2) is 66.7 Å². The maximum Gasteiger partial charge on any atom is 0.266 e. The molecule has 4 atom stereocenters. The number of benzene rings is 2. The number of para-hydroxylation sites is 1. The predicted octanol–water partition coefficient (Wildman–Crippen LogP) is 3.48. The van der Waals surface area contributed by atoms with Gasteiger partial charge in [-0.2, -0.15) is 0 Å². The molecule has 0 radical (unpaired) electrons. The van der Waals surface area contributed by atoms with E-state index in [0.717, 1.165) is 5.56 Å². The highest BCUT2D eigenvalue weighted by molar-refractivity contribution is 5.91. The van der Waals surface area contributed by atoms with Gasteiger partial charge >= 0.3 is 0 Å². The number of amides is 1. The summed E-state index contributed by atoms with van der Waals surface area (Å²) in [7, 11) is 0. The van der Waals surface area contributed by atoms with Gasteiger partial charge in [0.25, 0.3) is 5.91 Å². The Labute approximate surface area is 183 Å². The van der Waals surface area contributed by atoms with Crippen LogP contribution in [0.3, 0.4) is 0 Å². The Bertz CT molecular complexity index is 969. The first kappa shape index (κ1) is 21.3. The van der Waals surface area contributed by atoms with E-state index in [1.54, 1.807) is 17.0 Å². The fourth-order valence-electron chi connectivity index (χ4n) is 4.65. The van der Waals surface area contributed by atoms with Crippen molar-refractivity contribution in [3.63, 3.8) is 0 Å². The molecule has 2 aliphatic heterocycles. The van der Waals surface area contributed by atoms with Crippen LogP contribution in [0.5, 0.6) is 5.75 Å². The van der Waals surface area contributed by atoms with E-state index in [1.165, 1.54) is 12.5 Å². The molecule has 1 fully saturated rings. The van der Waals surface area contributed by atoms with Crippen LogP contribution in [0, 0.1) is 12.3 Å². The molecule has 5 nitrogen and oxygen atoms in total. The lowest BCUT2D eigenvalue weighted by molar-refractivity contribution is -0.181. The minimum atomic E-state index is -1.06. The highest BCUT2D eigenvalue weighted by Crippen LogP contribution is 2.41. The van der Waals surface area contributed by atoms with Crippen molar-refractivity contribution in [2.45, 2.75) is 51.4 Å². The first-order valence-electron chi connectivity index (χ1n) is 10.9. The average molecular weight is 420 g/mol. The summed E-state index contributed by atoms with van der Waals surface area (Å²) >= 11 is 0. The van der Waals surface area contributed by atoms with E-state index < -0.39 is 23.7 Å². The third-order valence-corrected chi connectivity index (χ3v) is 6.61. The van der Waals surface area contributed by atoms with Crippen LogP contribution in [0.2, 0.25) is 0 Å². The van der Waals surface area contributed by atoms with Gasteiger partial charge in [-0.15, -0.1) is 0 Å². The largest absolute Gasteiger partial charge is 0.478 e. The number of carbonyl (C=O) groups is 2. The molecule has 2 heterocycles. The lowest BCUT2D eigenvalue weighted by Gasteiger charge is -2.53. The van der Waals surface area contributed by atoms with Gasteiger partial charge in [0, 0.05) is 6.54 Å². The van der Waals surface area contributed by atoms with Crippen LogP contribution in [-0.4, -0.2) is 46.5 Å². The molecule has 0 saturated carbocycles. The molecule has 2 aromatic rings. The number of nitrogens with zero attached hydrogens (tertiary/aromatic N) is 1. The number of hydrogen-bond acceptors (Lipinski definition) is 4. The van der Waals surface area contributed by atoms with Gasteiger partial charge in [-0.05, 0) is 50.8 Å². The van der Waals surface area contributed by atoms with Crippen molar-refractivity contribution in [1.82, 2.24) is 4.90 Å². The number of aliphatic hydroxyl groups excluding tert-OH is 1. The van der Waals surface area contributed by atoms with Gasteiger partial charge in [-0.3, -0.25) is 9.59 Å². The molecule has 31 heavy (non-hydrogen) atoms. The maximum absolute atomic E-state index is 12.9. The molecule has 0 spiro atoms. The van der Waals surface area contributed by atoms with Gasteiger partial charge in [-0.25, -0.2) is 0 Å². The molecule has 1 N–H and O–H groups in total. The summed E-state index contributed by atoms with van der Waals surface area (Å²) in [6, 6.07) is 16.8. The summed E-state index contributed by atoms with van der Waals surface area (Å²) in [6.07, 6.45) is 3.74. The Morgan fingerprint density at radius 3 is 2.55 bits per heavy atom. The fourth-order valence-corrected chi connectivity index (χ4v) is 4.65. The first-order valence-corrected chi connectivity index (χ1v) is 10.9. The molecule has 0 aromatic heterocycles. The van der Waals surface area contributed by atoms with Crippen LogP contribution >= 0.6 is 0 Å². The normalized spacial score (nSPS) is 28.7. The van der Waals surface area contributed by atoms with Crippen molar-refractivity contribution in [3.8, 4) is 5.75 Å². The van der Waals surface area contributed by atoms with Gasteiger partial charge in [-0.1, -0.05) is 60.2 Å². The smallest absolute Gasteiger partial charge is 0.266 e. The molecule has 2 aliphatic rings. The lowest BCUT2D eigenvalue weighted by Crippen LogP contribution is -2.74. The number of fused-ring (bicyclic) bond motifs is 1. The van der Waals surface area contributed by atoms with Gasteiger partial charge in [0.05, 0.1) is 11.5 Å². The molecular formula is C26H29NO4. The van der Waals surface area contributed by atoms with E-state index in [-0.39, 0.29) is 11.7 Å². The Hall–Kier alpha value is -2.92. The van der Waals surface area contributed by atoms with E-state index in [4.69, 9.17) is 4.74 Å². The second kappa shape index (κ2) is 8.67. The Kier molecular flexibility index (Phi) is 5.96. The average Bonchev–Trinajstić information content (AvgIpc) is 2.76. The molecule has 4 rings (SSSR count). The van der Waals surface area contributed by atoms with Gasteiger partial charge in [0.2, 0.25) is 0 Å². The number of ether oxygens (including phenoxy) is 1. The molecule has 0 aliphatic carbocycles. The molecule has 1 amide bonds. The Morgan fingerprint density at radius 1 is 1.16 bits per heavy atom. The Morgan fingerprint density at radius 2 is 1.87 bits per heavy atom. The third kappa shape index (κ3) is 4.02. The molecule has 0 bridgehead atoms. The number of ketones is 1. The quantitative estimate of drug-likeness (QED) is 0.575. The second-order valence-corrected chi connectivity index (χ2v) is 8.59.